The SMILES string of the molecule is N#Cc1ccc(-c2ccc3c(c2)-c2cc(-c4ccc(C#N)cc4C#N)ccc2C3c2cccc(C#N)c2-c2c(-c3c(C(F)(F)F)cccc3C(F)(F)F)cccc2-n2c3ccc(-c4ccc(C#N)cc4C#N)cc3c3cc(-c4ccc(C#N)cc4C#N)ccc32)c(C#N)c1. The second-order valence-corrected chi connectivity index (χ2v) is 22.1. The molecule has 16 heteroatoms. The predicted molar refractivity (Wildman–Crippen MR) is 339 cm³/mol. The third-order valence-corrected chi connectivity index (χ3v) is 17.1. The van der Waals surface area contributed by atoms with Crippen molar-refractivity contribution in [1.29, 1.82) is 47.4 Å². The van der Waals surface area contributed by atoms with Crippen molar-refractivity contribution < 1.29 is 26.3 Å². The highest BCUT2D eigenvalue weighted by atomic mass is 19.4. The molecule has 10 nitrogen and oxygen atoms in total. The molecule has 1 aliphatic carbocycles. The van der Waals surface area contributed by atoms with Gasteiger partial charge in [-0.1, -0.05) is 91.0 Å². The molecule has 0 aliphatic heterocycles. The molecule has 0 radical (unpaired) electrons. The Kier molecular flexibility index (Phi) is 14.5. The van der Waals surface area contributed by atoms with Crippen LogP contribution in [0, 0.1) is 102 Å². The van der Waals surface area contributed by atoms with E-state index in [-0.39, 0.29) is 72.4 Å². The van der Waals surface area contributed by atoms with Crippen LogP contribution in [0.5, 0.6) is 0 Å². The number of hydrogen-bond donors (Lipinski definition) is 0. The van der Waals surface area contributed by atoms with Gasteiger partial charge >= 0.3 is 12.4 Å². The number of benzene rings is 11. The molecule has 1 aromatic heterocycles. The summed E-state index contributed by atoms with van der Waals surface area (Å²) in [6, 6.07) is 69.4. The van der Waals surface area contributed by atoms with Crippen molar-refractivity contribution in [2.24, 2.45) is 0 Å². The summed E-state index contributed by atoms with van der Waals surface area (Å²) < 4.78 is 97.1. The summed E-state index contributed by atoms with van der Waals surface area (Å²) in [5, 5.41) is 93.2. The molecule has 13 rings (SSSR count). The maximum absolute atomic E-state index is 15.9. The molecular formula is C78H34F6N10. The molecule has 0 saturated carbocycles. The lowest BCUT2D eigenvalue weighted by Gasteiger charge is -2.27. The number of rotatable bonds is 8. The molecule has 0 bridgehead atoms. The average molecular weight is 1230 g/mol. The fraction of sp³-hybridized carbons (Fsp3) is 0.0385. The van der Waals surface area contributed by atoms with Crippen molar-refractivity contribution in [3.63, 3.8) is 0 Å². The van der Waals surface area contributed by atoms with Gasteiger partial charge in [-0.3, -0.25) is 0 Å². The van der Waals surface area contributed by atoms with Crippen molar-refractivity contribution in [2.45, 2.75) is 18.3 Å². The largest absolute Gasteiger partial charge is 0.417 e. The number of nitrogens with zero attached hydrogens (tertiary/aromatic N) is 10. The lowest BCUT2D eigenvalue weighted by molar-refractivity contribution is -0.142. The highest BCUT2D eigenvalue weighted by Gasteiger charge is 2.43. The summed E-state index contributed by atoms with van der Waals surface area (Å²) in [6.07, 6.45) is -10.8. The molecule has 0 spiro atoms. The highest BCUT2D eigenvalue weighted by Crippen LogP contribution is 2.56. The summed E-state index contributed by atoms with van der Waals surface area (Å²) in [6.45, 7) is 0. The van der Waals surface area contributed by atoms with E-state index in [0.29, 0.717) is 107 Å². The van der Waals surface area contributed by atoms with Crippen molar-refractivity contribution in [1.82, 2.24) is 4.57 Å². The van der Waals surface area contributed by atoms with Gasteiger partial charge in [-0.25, -0.2) is 0 Å². The highest BCUT2D eigenvalue weighted by molar-refractivity contribution is 6.13. The molecule has 0 fully saturated rings. The minimum absolute atomic E-state index is 0.0260. The van der Waals surface area contributed by atoms with Gasteiger partial charge in [0.25, 0.3) is 0 Å². The zero-order valence-corrected chi connectivity index (χ0v) is 48.4. The topological polar surface area (TPSA) is 219 Å². The Morgan fingerprint density at radius 3 is 1.04 bits per heavy atom. The van der Waals surface area contributed by atoms with Gasteiger partial charge in [0, 0.05) is 33.4 Å². The lowest BCUT2D eigenvalue weighted by atomic mass is 9.79. The summed E-state index contributed by atoms with van der Waals surface area (Å²) in [5.41, 5.74) is 3.37. The fourth-order valence-electron chi connectivity index (χ4n) is 13.1. The van der Waals surface area contributed by atoms with E-state index < -0.39 is 40.5 Å². The molecular weight excluding hydrogens is 1190 g/mol. The van der Waals surface area contributed by atoms with Gasteiger partial charge in [0.1, 0.15) is 0 Å². The molecule has 0 amide bonds. The molecule has 1 heterocycles. The van der Waals surface area contributed by atoms with Crippen LogP contribution in [0.3, 0.4) is 0 Å². The molecule has 12 aromatic rings. The van der Waals surface area contributed by atoms with Crippen LogP contribution in [0.25, 0.3) is 105 Å². The van der Waals surface area contributed by atoms with Crippen LogP contribution in [0.4, 0.5) is 26.3 Å². The number of alkyl halides is 6. The summed E-state index contributed by atoms with van der Waals surface area (Å²) >= 11 is 0. The maximum atomic E-state index is 15.9. The van der Waals surface area contributed by atoms with Gasteiger partial charge in [0.05, 0.1) is 133 Å². The van der Waals surface area contributed by atoms with E-state index in [9.17, 15) is 47.4 Å². The minimum Gasteiger partial charge on any atom is -0.309 e. The average Bonchev–Trinajstić information content (AvgIpc) is 1.59. The van der Waals surface area contributed by atoms with Gasteiger partial charge in [0.15, 0.2) is 0 Å². The van der Waals surface area contributed by atoms with Crippen LogP contribution in [-0.4, -0.2) is 4.57 Å². The van der Waals surface area contributed by atoms with Gasteiger partial charge in [-0.15, -0.1) is 0 Å². The van der Waals surface area contributed by atoms with Crippen LogP contribution >= 0.6 is 0 Å². The van der Waals surface area contributed by atoms with Gasteiger partial charge in [0.2, 0.25) is 0 Å². The monoisotopic (exact) mass is 1220 g/mol. The Morgan fingerprint density at radius 1 is 0.287 bits per heavy atom. The zero-order chi connectivity index (χ0) is 65.9. The second-order valence-electron chi connectivity index (χ2n) is 22.1. The summed E-state index contributed by atoms with van der Waals surface area (Å²) in [4.78, 5) is 0. The quantitative estimate of drug-likeness (QED) is 0.132. The molecule has 0 saturated heterocycles. The predicted octanol–water partition coefficient (Wildman–Crippen LogP) is 18.8. The van der Waals surface area contributed by atoms with E-state index in [0.717, 1.165) is 0 Å². The fourth-order valence-corrected chi connectivity index (χ4v) is 13.1. The zero-order valence-electron chi connectivity index (χ0n) is 48.4. The van der Waals surface area contributed by atoms with Crippen LogP contribution in [0.1, 0.15) is 83.8 Å². The van der Waals surface area contributed by atoms with E-state index in [4.69, 9.17) is 0 Å². The van der Waals surface area contributed by atoms with E-state index in [2.05, 4.69) is 42.5 Å². The first-order valence-corrected chi connectivity index (χ1v) is 28.6. The van der Waals surface area contributed by atoms with Crippen molar-refractivity contribution in [3.05, 3.63) is 278 Å². The molecule has 0 atom stereocenters. The molecule has 0 unspecified atom stereocenters. The first-order valence-electron chi connectivity index (χ1n) is 28.6. The molecule has 438 valence electrons. The Hall–Kier alpha value is -13.8. The standard InChI is InChI=1S/C78H34F6N10/c79-77(80,81)68-7-3-8-69(78(82,83)84)75(68)63-6-2-9-72(94-70-24-16-49(58-20-12-45(36-87)28-54(58)41-92)32-66(70)67-33-50(17-25-71(67)94)59-21-13-46(37-88)29-55(59)42-93)76(63)73-51(38-89)4-1-5-62(73)74-60-22-14-47(56-18-10-43(34-85)26-52(56)39-90)30-64(60)65-31-48(15-23-61(65)74)57-19-11-44(35-86)27-53(57)40-91/h1-33,74H. The second kappa shape index (κ2) is 23.0. The summed E-state index contributed by atoms with van der Waals surface area (Å²) in [5.74, 6) is -0.961. The van der Waals surface area contributed by atoms with Crippen LogP contribution < -0.4 is 0 Å². The third-order valence-electron chi connectivity index (χ3n) is 17.1. The van der Waals surface area contributed by atoms with Crippen molar-refractivity contribution in [2.75, 3.05) is 0 Å². The van der Waals surface area contributed by atoms with E-state index in [1.807, 2.05) is 24.3 Å². The van der Waals surface area contributed by atoms with E-state index in [1.165, 1.54) is 42.5 Å². The van der Waals surface area contributed by atoms with Gasteiger partial charge in [-0.2, -0.15) is 73.7 Å². The number of hydrogen-bond acceptors (Lipinski definition) is 9. The minimum atomic E-state index is -5.39. The van der Waals surface area contributed by atoms with Crippen LogP contribution in [0.2, 0.25) is 0 Å². The third kappa shape index (κ3) is 9.79. The number of aromatic nitrogens is 1. The number of halogens is 6. The van der Waals surface area contributed by atoms with E-state index >= 15 is 26.3 Å². The Bertz CT molecular complexity index is 5460. The smallest absolute Gasteiger partial charge is 0.309 e. The first kappa shape index (κ1) is 59.2. The summed E-state index contributed by atoms with van der Waals surface area (Å²) in [7, 11) is 0. The maximum Gasteiger partial charge on any atom is 0.417 e. The molecule has 94 heavy (non-hydrogen) atoms. The van der Waals surface area contributed by atoms with Crippen molar-refractivity contribution in [3.8, 4) is 138 Å². The van der Waals surface area contributed by atoms with Gasteiger partial charge in [-0.05, 0) is 187 Å². The normalized spacial score (nSPS) is 11.6. The van der Waals surface area contributed by atoms with E-state index in [1.54, 1.807) is 132 Å². The lowest BCUT2D eigenvalue weighted by Crippen LogP contribution is -2.15. The number of nitriles is 9. The van der Waals surface area contributed by atoms with Gasteiger partial charge < -0.3 is 4.57 Å². The molecule has 1 aliphatic rings. The Labute approximate surface area is 532 Å². The molecule has 0 N–H and O–H groups in total. The first-order chi connectivity index (χ1) is 45.5. The van der Waals surface area contributed by atoms with Crippen molar-refractivity contribution >= 4 is 21.8 Å². The Morgan fingerprint density at radius 2 is 0.660 bits per heavy atom. The number of fused-ring (bicyclic) bond motifs is 6. The van der Waals surface area contributed by atoms with Crippen LogP contribution in [0.15, 0.2) is 200 Å². The van der Waals surface area contributed by atoms with Crippen LogP contribution in [-0.2, 0) is 12.4 Å². The molecule has 11 aromatic carbocycles. The Balaban J connectivity index is 1.16.